The van der Waals surface area contributed by atoms with Gasteiger partial charge in [-0.05, 0) is 23.6 Å². The van der Waals surface area contributed by atoms with E-state index in [9.17, 15) is 21.6 Å². The predicted octanol–water partition coefficient (Wildman–Crippen LogP) is 3.54. The number of thiophene rings is 1. The van der Waals surface area contributed by atoms with Crippen molar-refractivity contribution in [1.29, 1.82) is 0 Å². The minimum absolute atomic E-state index is 0.00947. The summed E-state index contributed by atoms with van der Waals surface area (Å²) in [6.45, 7) is 3.37. The first-order valence-electron chi connectivity index (χ1n) is 6.15. The molecule has 2 aromatic rings. The van der Waals surface area contributed by atoms with Crippen LogP contribution in [0.25, 0.3) is 0 Å². The lowest BCUT2D eigenvalue weighted by Gasteiger charge is -2.20. The van der Waals surface area contributed by atoms with E-state index in [1.165, 1.54) is 17.4 Å². The first-order chi connectivity index (χ1) is 10.4. The fourth-order valence-corrected chi connectivity index (χ4v) is 4.06. The van der Waals surface area contributed by atoms with Gasteiger partial charge in [0.25, 0.3) is 0 Å². The van der Waals surface area contributed by atoms with Gasteiger partial charge in [-0.3, -0.25) is 0 Å². The third-order valence-corrected chi connectivity index (χ3v) is 5.55. The molecule has 22 heavy (non-hydrogen) atoms. The second-order valence-corrected chi connectivity index (χ2v) is 7.28. The molecule has 0 fully saturated rings. The van der Waals surface area contributed by atoms with Crippen LogP contribution in [0.15, 0.2) is 47.2 Å². The molecular weight excluding hydrogens is 335 g/mol. The molecule has 1 heterocycles. The van der Waals surface area contributed by atoms with Crippen molar-refractivity contribution in [2.24, 2.45) is 0 Å². The number of hydrogen-bond donors (Lipinski definition) is 0. The number of rotatable bonds is 6. The summed E-state index contributed by atoms with van der Waals surface area (Å²) in [4.78, 5) is -0.168. The molecule has 8 heteroatoms. The summed E-state index contributed by atoms with van der Waals surface area (Å²) in [5.74, 6) is -4.97. The van der Waals surface area contributed by atoms with Crippen molar-refractivity contribution in [3.05, 3.63) is 64.6 Å². The molecular formula is C14H12F3NO2S2. The molecule has 0 saturated heterocycles. The van der Waals surface area contributed by atoms with Crippen molar-refractivity contribution in [2.75, 3.05) is 6.54 Å². The lowest BCUT2D eigenvalue weighted by atomic mass is 10.3. The molecule has 0 radical (unpaired) electrons. The van der Waals surface area contributed by atoms with E-state index < -0.39 is 32.4 Å². The first kappa shape index (κ1) is 16.7. The Bertz CT molecular complexity index is 774. The quantitative estimate of drug-likeness (QED) is 0.592. The molecule has 0 aliphatic carbocycles. The molecule has 0 saturated carbocycles. The third kappa shape index (κ3) is 3.23. The topological polar surface area (TPSA) is 37.4 Å². The van der Waals surface area contributed by atoms with Gasteiger partial charge in [0.2, 0.25) is 10.0 Å². The van der Waals surface area contributed by atoms with Gasteiger partial charge in [0.15, 0.2) is 17.5 Å². The summed E-state index contributed by atoms with van der Waals surface area (Å²) >= 11 is 1.33. The molecule has 0 aliphatic rings. The Hall–Kier alpha value is -1.64. The van der Waals surface area contributed by atoms with Crippen LogP contribution >= 0.6 is 11.3 Å². The van der Waals surface area contributed by atoms with Gasteiger partial charge in [-0.2, -0.15) is 4.31 Å². The van der Waals surface area contributed by atoms with Crippen LogP contribution in [0.3, 0.4) is 0 Å². The molecule has 0 N–H and O–H groups in total. The van der Waals surface area contributed by atoms with E-state index >= 15 is 0 Å². The zero-order chi connectivity index (χ0) is 16.3. The summed E-state index contributed by atoms with van der Waals surface area (Å²) in [6.07, 6.45) is 1.34. The van der Waals surface area contributed by atoms with Gasteiger partial charge in [0, 0.05) is 18.0 Å². The van der Waals surface area contributed by atoms with Gasteiger partial charge in [-0.25, -0.2) is 21.6 Å². The molecule has 1 aromatic carbocycles. The number of benzene rings is 1. The minimum Gasteiger partial charge on any atom is -0.207 e. The van der Waals surface area contributed by atoms with Crippen LogP contribution < -0.4 is 0 Å². The van der Waals surface area contributed by atoms with Crippen molar-refractivity contribution in [3.8, 4) is 0 Å². The maximum atomic E-state index is 13.8. The Morgan fingerprint density at radius 3 is 2.50 bits per heavy atom. The second-order valence-electron chi connectivity index (χ2n) is 4.34. The Labute approximate surface area is 130 Å². The predicted molar refractivity (Wildman–Crippen MR) is 78.4 cm³/mol. The van der Waals surface area contributed by atoms with Gasteiger partial charge >= 0.3 is 0 Å². The normalized spacial score (nSPS) is 11.8. The summed E-state index contributed by atoms with van der Waals surface area (Å²) in [7, 11) is -4.32. The number of nitrogens with zero attached hydrogens (tertiary/aromatic N) is 1. The monoisotopic (exact) mass is 347 g/mol. The van der Waals surface area contributed by atoms with Gasteiger partial charge in [-0.1, -0.05) is 12.1 Å². The second kappa shape index (κ2) is 6.64. The molecule has 0 spiro atoms. The molecule has 0 amide bonds. The summed E-state index contributed by atoms with van der Waals surface area (Å²) in [5.41, 5.74) is 0. The van der Waals surface area contributed by atoms with Crippen LogP contribution in [0.4, 0.5) is 13.2 Å². The van der Waals surface area contributed by atoms with Crippen molar-refractivity contribution < 1.29 is 21.6 Å². The molecule has 118 valence electrons. The minimum atomic E-state index is -4.32. The van der Waals surface area contributed by atoms with Crippen LogP contribution in [0.1, 0.15) is 4.88 Å². The smallest absolute Gasteiger partial charge is 0.207 e. The highest BCUT2D eigenvalue weighted by Crippen LogP contribution is 2.25. The Morgan fingerprint density at radius 1 is 1.18 bits per heavy atom. The number of sulfonamides is 1. The average molecular weight is 347 g/mol. The maximum Gasteiger partial charge on any atom is 0.246 e. The standard InChI is InChI=1S/C14H12F3NO2S2/c1-2-7-18(9-10-4-3-8-21-10)22(19,20)12-6-5-11(15)13(16)14(12)17/h2-6,8H,1,7,9H2. The zero-order valence-electron chi connectivity index (χ0n) is 11.3. The summed E-state index contributed by atoms with van der Waals surface area (Å²) in [6, 6.07) is 4.77. The number of hydrogen-bond acceptors (Lipinski definition) is 3. The first-order valence-corrected chi connectivity index (χ1v) is 8.47. The van der Waals surface area contributed by atoms with Crippen molar-refractivity contribution in [1.82, 2.24) is 4.31 Å². The SMILES string of the molecule is C=CCN(Cc1cccs1)S(=O)(=O)c1ccc(F)c(F)c1F. The van der Waals surface area contributed by atoms with Crippen LogP contribution in [0.5, 0.6) is 0 Å². The van der Waals surface area contributed by atoms with E-state index in [-0.39, 0.29) is 13.1 Å². The lowest BCUT2D eigenvalue weighted by molar-refractivity contribution is 0.414. The van der Waals surface area contributed by atoms with Crippen molar-refractivity contribution >= 4 is 21.4 Å². The average Bonchev–Trinajstić information content (AvgIpc) is 2.97. The largest absolute Gasteiger partial charge is 0.246 e. The van der Waals surface area contributed by atoms with E-state index in [0.717, 1.165) is 9.18 Å². The molecule has 1 aromatic heterocycles. The highest BCUT2D eigenvalue weighted by atomic mass is 32.2. The molecule has 0 aliphatic heterocycles. The van der Waals surface area contributed by atoms with E-state index in [2.05, 4.69) is 6.58 Å². The molecule has 2 rings (SSSR count). The molecule has 3 nitrogen and oxygen atoms in total. The van der Waals surface area contributed by atoms with Crippen molar-refractivity contribution in [3.63, 3.8) is 0 Å². The summed E-state index contributed by atoms with van der Waals surface area (Å²) < 4.78 is 66.0. The Kier molecular flexibility index (Phi) is 5.05. The maximum absolute atomic E-state index is 13.8. The highest BCUT2D eigenvalue weighted by molar-refractivity contribution is 7.89. The Balaban J connectivity index is 2.45. The molecule has 0 atom stereocenters. The van der Waals surface area contributed by atoms with Crippen LogP contribution in [0.2, 0.25) is 0 Å². The fourth-order valence-electron chi connectivity index (χ4n) is 1.81. The van der Waals surface area contributed by atoms with E-state index in [4.69, 9.17) is 0 Å². The van der Waals surface area contributed by atoms with Gasteiger partial charge in [0.1, 0.15) is 4.90 Å². The van der Waals surface area contributed by atoms with Gasteiger partial charge < -0.3 is 0 Å². The molecule has 0 unspecified atom stereocenters. The van der Waals surface area contributed by atoms with E-state index in [1.54, 1.807) is 17.5 Å². The van der Waals surface area contributed by atoms with Crippen LogP contribution in [-0.4, -0.2) is 19.3 Å². The van der Waals surface area contributed by atoms with Gasteiger partial charge in [0.05, 0.1) is 0 Å². The fraction of sp³-hybridized carbons (Fsp3) is 0.143. The lowest BCUT2D eigenvalue weighted by Crippen LogP contribution is -2.31. The number of halogens is 3. The molecule has 0 bridgehead atoms. The van der Waals surface area contributed by atoms with Gasteiger partial charge in [-0.15, -0.1) is 17.9 Å². The highest BCUT2D eigenvalue weighted by Gasteiger charge is 2.29. The van der Waals surface area contributed by atoms with Crippen LogP contribution in [0, 0.1) is 17.5 Å². The Morgan fingerprint density at radius 2 is 1.91 bits per heavy atom. The van der Waals surface area contributed by atoms with E-state index in [0.29, 0.717) is 12.1 Å². The van der Waals surface area contributed by atoms with E-state index in [1.807, 2.05) is 0 Å². The zero-order valence-corrected chi connectivity index (χ0v) is 12.9. The third-order valence-electron chi connectivity index (χ3n) is 2.86. The summed E-state index contributed by atoms with van der Waals surface area (Å²) in [5, 5.41) is 1.77. The van der Waals surface area contributed by atoms with Crippen LogP contribution in [-0.2, 0) is 16.6 Å². The van der Waals surface area contributed by atoms with Crippen molar-refractivity contribution in [2.45, 2.75) is 11.4 Å².